The van der Waals surface area contributed by atoms with E-state index in [4.69, 9.17) is 20.9 Å². The van der Waals surface area contributed by atoms with Crippen LogP contribution < -0.4 is 11.5 Å². The Bertz CT molecular complexity index is 611. The summed E-state index contributed by atoms with van der Waals surface area (Å²) in [5.41, 5.74) is 11.0. The minimum Gasteiger partial charge on any atom is -0.444 e. The highest BCUT2D eigenvalue weighted by Crippen LogP contribution is 2.38. The van der Waals surface area contributed by atoms with E-state index in [2.05, 4.69) is 0 Å². The van der Waals surface area contributed by atoms with Crippen LogP contribution in [0.2, 0.25) is 0 Å². The van der Waals surface area contributed by atoms with Gasteiger partial charge >= 0.3 is 12.2 Å². The maximum absolute atomic E-state index is 11.8. The van der Waals surface area contributed by atoms with E-state index in [1.54, 1.807) is 0 Å². The highest BCUT2D eigenvalue weighted by atomic mass is 35.5. The number of halogens is 2. The number of likely N-dealkylation sites (tertiary alicyclic amines) is 2. The van der Waals surface area contributed by atoms with E-state index in [1.165, 1.54) is 0 Å². The lowest BCUT2D eigenvalue weighted by atomic mass is 10.0. The Morgan fingerprint density at radius 3 is 1.06 bits per heavy atom. The largest absolute Gasteiger partial charge is 0.444 e. The normalized spacial score (nSPS) is 32.0. The molecule has 0 aromatic carbocycles. The van der Waals surface area contributed by atoms with Gasteiger partial charge in [0, 0.05) is 38.3 Å². The van der Waals surface area contributed by atoms with Gasteiger partial charge in [-0.2, -0.15) is 0 Å². The van der Waals surface area contributed by atoms with E-state index in [0.717, 1.165) is 51.9 Å². The highest BCUT2D eigenvalue weighted by molar-refractivity contribution is 5.85. The zero-order chi connectivity index (χ0) is 23.8. The highest BCUT2D eigenvalue weighted by Gasteiger charge is 2.43. The van der Waals surface area contributed by atoms with Crippen LogP contribution >= 0.6 is 24.8 Å². The van der Waals surface area contributed by atoms with Crippen molar-refractivity contribution in [1.29, 1.82) is 0 Å². The van der Waals surface area contributed by atoms with Crippen LogP contribution in [0.5, 0.6) is 0 Å². The summed E-state index contributed by atoms with van der Waals surface area (Å²) in [4.78, 5) is 27.4. The van der Waals surface area contributed by atoms with Crippen molar-refractivity contribution in [3.05, 3.63) is 0 Å². The summed E-state index contributed by atoms with van der Waals surface area (Å²) >= 11 is 0. The second-order valence-corrected chi connectivity index (χ2v) is 12.3. The molecule has 0 aromatic heterocycles. The summed E-state index contributed by atoms with van der Waals surface area (Å²) in [5.74, 6) is 2.40. The van der Waals surface area contributed by atoms with Gasteiger partial charge in [-0.1, -0.05) is 0 Å². The molecule has 2 aliphatic carbocycles. The van der Waals surface area contributed by atoms with Crippen LogP contribution in [-0.2, 0) is 9.47 Å². The van der Waals surface area contributed by atoms with Crippen molar-refractivity contribution in [3.63, 3.8) is 0 Å². The van der Waals surface area contributed by atoms with Crippen LogP contribution in [0.4, 0.5) is 9.59 Å². The number of rotatable bonds is 0. The van der Waals surface area contributed by atoms with Crippen molar-refractivity contribution >= 4 is 37.0 Å². The Balaban J connectivity index is 0.000000321. The smallest absolute Gasteiger partial charge is 0.410 e. The summed E-state index contributed by atoms with van der Waals surface area (Å²) in [6.07, 6.45) is 3.90. The lowest BCUT2D eigenvalue weighted by Crippen LogP contribution is -2.36. The van der Waals surface area contributed by atoms with Gasteiger partial charge in [0.15, 0.2) is 0 Å². The number of ether oxygens (including phenoxy) is 2. The average Bonchev–Trinajstić information content (AvgIpc) is 3.30. The number of hydrogen-bond acceptors (Lipinski definition) is 6. The molecule has 0 bridgehead atoms. The first-order chi connectivity index (χ1) is 14.7. The van der Waals surface area contributed by atoms with Crippen LogP contribution in [0.3, 0.4) is 0 Å². The van der Waals surface area contributed by atoms with Gasteiger partial charge in [0.25, 0.3) is 0 Å². The van der Waals surface area contributed by atoms with Crippen LogP contribution in [0.15, 0.2) is 0 Å². The quantitative estimate of drug-likeness (QED) is 0.494. The van der Waals surface area contributed by atoms with Crippen molar-refractivity contribution in [2.75, 3.05) is 26.2 Å². The fourth-order valence-corrected chi connectivity index (χ4v) is 5.64. The Hall–Kier alpha value is -0.960. The first-order valence-corrected chi connectivity index (χ1v) is 12.2. The van der Waals surface area contributed by atoms with Crippen molar-refractivity contribution in [1.82, 2.24) is 9.80 Å². The molecule has 0 spiro atoms. The molecule has 200 valence electrons. The third-order valence-corrected chi connectivity index (χ3v) is 6.88. The Labute approximate surface area is 217 Å². The predicted octanol–water partition coefficient (Wildman–Crippen LogP) is 4.02. The lowest BCUT2D eigenvalue weighted by molar-refractivity contribution is 0.0269. The second-order valence-electron chi connectivity index (χ2n) is 12.3. The number of carbonyl (C=O) groups is 2. The molecule has 2 aliphatic heterocycles. The van der Waals surface area contributed by atoms with Crippen LogP contribution in [-0.4, -0.2) is 71.5 Å². The van der Waals surface area contributed by atoms with Gasteiger partial charge in [-0.3, -0.25) is 0 Å². The minimum absolute atomic E-state index is 0. The van der Waals surface area contributed by atoms with E-state index in [-0.39, 0.29) is 37.0 Å². The first-order valence-electron chi connectivity index (χ1n) is 12.2. The van der Waals surface area contributed by atoms with Gasteiger partial charge in [0.05, 0.1) is 0 Å². The maximum Gasteiger partial charge on any atom is 0.410 e. The molecule has 2 saturated heterocycles. The predicted molar refractivity (Wildman–Crippen MR) is 138 cm³/mol. The molecule has 4 aliphatic rings. The fraction of sp³-hybridized carbons (Fsp3) is 0.917. The zero-order valence-corrected chi connectivity index (χ0v) is 23.3. The number of nitrogens with zero attached hydrogens (tertiary/aromatic N) is 2. The summed E-state index contributed by atoms with van der Waals surface area (Å²) in [5, 5.41) is 0. The van der Waals surface area contributed by atoms with Gasteiger partial charge in [-0.15, -0.1) is 24.8 Å². The number of carbonyl (C=O) groups excluding carboxylic acids is 2. The van der Waals surface area contributed by atoms with Crippen LogP contribution in [0, 0.1) is 23.7 Å². The summed E-state index contributed by atoms with van der Waals surface area (Å²) in [6.45, 7) is 14.7. The second kappa shape index (κ2) is 11.8. The van der Waals surface area contributed by atoms with E-state index in [0.29, 0.717) is 35.8 Å². The molecule has 2 saturated carbocycles. The molecule has 6 atom stereocenters. The SMILES string of the molecule is CC(C)(C)OC(=O)N1C[C@H]2CC(N)C[C@H]2C1.CC(C)(C)OC(=O)N1C[C@H]2CC(N)C[C@H]2C1.Cl.Cl. The monoisotopic (exact) mass is 524 g/mol. The van der Waals surface area contributed by atoms with E-state index < -0.39 is 11.2 Å². The topological polar surface area (TPSA) is 111 Å². The fourth-order valence-electron chi connectivity index (χ4n) is 5.64. The molecule has 8 nitrogen and oxygen atoms in total. The molecule has 4 N–H and O–H groups in total. The van der Waals surface area contributed by atoms with E-state index in [9.17, 15) is 9.59 Å². The molecule has 0 radical (unpaired) electrons. The molecule has 4 fully saturated rings. The van der Waals surface area contributed by atoms with Crippen molar-refractivity contribution in [2.24, 2.45) is 35.1 Å². The van der Waals surface area contributed by atoms with Gasteiger partial charge in [-0.05, 0) is 90.9 Å². The maximum atomic E-state index is 11.8. The van der Waals surface area contributed by atoms with Crippen molar-refractivity contribution < 1.29 is 19.1 Å². The molecule has 2 unspecified atom stereocenters. The van der Waals surface area contributed by atoms with E-state index in [1.807, 2.05) is 51.3 Å². The van der Waals surface area contributed by atoms with Gasteiger partial charge < -0.3 is 30.7 Å². The summed E-state index contributed by atoms with van der Waals surface area (Å²) < 4.78 is 10.7. The van der Waals surface area contributed by atoms with Gasteiger partial charge in [0.1, 0.15) is 11.2 Å². The van der Waals surface area contributed by atoms with Gasteiger partial charge in [0.2, 0.25) is 0 Å². The number of hydrogen-bond donors (Lipinski definition) is 2. The molecule has 0 aromatic rings. The molecular formula is C24H46Cl2N4O4. The Kier molecular flexibility index (Phi) is 10.8. The van der Waals surface area contributed by atoms with E-state index >= 15 is 0 Å². The minimum atomic E-state index is -0.398. The lowest BCUT2D eigenvalue weighted by Gasteiger charge is -2.25. The van der Waals surface area contributed by atoms with Crippen LogP contribution in [0.25, 0.3) is 0 Å². The Morgan fingerprint density at radius 1 is 0.618 bits per heavy atom. The summed E-state index contributed by atoms with van der Waals surface area (Å²) in [7, 11) is 0. The third-order valence-electron chi connectivity index (χ3n) is 6.88. The molecule has 34 heavy (non-hydrogen) atoms. The zero-order valence-electron chi connectivity index (χ0n) is 21.6. The average molecular weight is 526 g/mol. The number of amides is 2. The molecular weight excluding hydrogens is 479 g/mol. The molecule has 4 rings (SSSR count). The first kappa shape index (κ1) is 31.1. The molecule has 10 heteroatoms. The number of nitrogens with two attached hydrogens (primary N) is 2. The Morgan fingerprint density at radius 2 is 0.853 bits per heavy atom. The molecule has 2 heterocycles. The third kappa shape index (κ3) is 8.61. The standard InChI is InChI=1S/2C12H22N2O2.2ClH/c2*1-12(2,3)16-11(15)14-6-8-4-10(13)5-9(8)7-14;;/h2*8-10H,4-7,13H2,1-3H3;2*1H/t2*8-,9+,10?;;. The number of fused-ring (bicyclic) bond motifs is 2. The van der Waals surface area contributed by atoms with Crippen molar-refractivity contribution in [3.8, 4) is 0 Å². The molecule has 2 amide bonds. The van der Waals surface area contributed by atoms with Gasteiger partial charge in [-0.25, -0.2) is 9.59 Å². The van der Waals surface area contributed by atoms with Crippen molar-refractivity contribution in [2.45, 2.75) is 90.5 Å². The van der Waals surface area contributed by atoms with Crippen LogP contribution in [0.1, 0.15) is 67.2 Å². The summed E-state index contributed by atoms with van der Waals surface area (Å²) in [6, 6.07) is 0.687.